The number of rotatable bonds is 4. The van der Waals surface area contributed by atoms with Crippen LogP contribution in [0.1, 0.15) is 24.6 Å². The Hall–Kier alpha value is -2.41. The van der Waals surface area contributed by atoms with Gasteiger partial charge >= 0.3 is 0 Å². The summed E-state index contributed by atoms with van der Waals surface area (Å²) in [6, 6.07) is 10.1. The van der Waals surface area contributed by atoms with E-state index in [0.717, 1.165) is 18.5 Å². The molecule has 0 atom stereocenters. The number of nitrogens with zero attached hydrogens (tertiary/aromatic N) is 3. The second-order valence-corrected chi connectivity index (χ2v) is 3.94. The fourth-order valence-corrected chi connectivity index (χ4v) is 1.69. The van der Waals surface area contributed by atoms with Gasteiger partial charge < -0.3 is 5.32 Å². The van der Waals surface area contributed by atoms with Gasteiger partial charge in [0.1, 0.15) is 6.07 Å². The normalized spacial score (nSPS) is 9.78. The molecule has 0 radical (unpaired) electrons. The van der Waals surface area contributed by atoms with Crippen LogP contribution in [0.25, 0.3) is 0 Å². The van der Waals surface area contributed by atoms with E-state index in [9.17, 15) is 0 Å². The molecule has 0 aliphatic rings. The smallest absolute Gasteiger partial charge is 0.183 e. The van der Waals surface area contributed by atoms with E-state index in [4.69, 9.17) is 5.26 Å². The van der Waals surface area contributed by atoms with E-state index in [1.54, 1.807) is 6.20 Å². The zero-order chi connectivity index (χ0) is 12.8. The minimum atomic E-state index is 0.301. The van der Waals surface area contributed by atoms with Gasteiger partial charge in [-0.05, 0) is 24.1 Å². The highest BCUT2D eigenvalue weighted by Crippen LogP contribution is 2.17. The Labute approximate surface area is 106 Å². The summed E-state index contributed by atoms with van der Waals surface area (Å²) < 4.78 is 0. The van der Waals surface area contributed by atoms with Crippen molar-refractivity contribution >= 4 is 11.5 Å². The van der Waals surface area contributed by atoms with E-state index in [-0.39, 0.29) is 0 Å². The van der Waals surface area contributed by atoms with Gasteiger partial charge in [-0.1, -0.05) is 25.5 Å². The molecule has 1 aromatic carbocycles. The van der Waals surface area contributed by atoms with Crippen molar-refractivity contribution in [2.45, 2.75) is 19.8 Å². The topological polar surface area (TPSA) is 61.6 Å². The van der Waals surface area contributed by atoms with Crippen LogP contribution in [-0.2, 0) is 6.42 Å². The predicted molar refractivity (Wildman–Crippen MR) is 70.5 cm³/mol. The van der Waals surface area contributed by atoms with Crippen LogP contribution in [0, 0.1) is 11.3 Å². The Morgan fingerprint density at radius 2 is 1.89 bits per heavy atom. The summed E-state index contributed by atoms with van der Waals surface area (Å²) in [6.45, 7) is 2.16. The molecule has 4 nitrogen and oxygen atoms in total. The van der Waals surface area contributed by atoms with Crippen LogP contribution in [0.4, 0.5) is 11.5 Å². The Morgan fingerprint density at radius 1 is 1.17 bits per heavy atom. The SMILES string of the molecule is CCCc1ccc(Nc2nccnc2C#N)cc1. The number of benzene rings is 1. The summed E-state index contributed by atoms with van der Waals surface area (Å²) in [6.07, 6.45) is 5.28. The summed E-state index contributed by atoms with van der Waals surface area (Å²) >= 11 is 0. The first kappa shape index (κ1) is 12.1. The molecule has 4 heteroatoms. The molecule has 0 bridgehead atoms. The van der Waals surface area contributed by atoms with Gasteiger partial charge in [0.2, 0.25) is 0 Å². The van der Waals surface area contributed by atoms with Crippen LogP contribution in [0.5, 0.6) is 0 Å². The van der Waals surface area contributed by atoms with Crippen molar-refractivity contribution in [2.75, 3.05) is 5.32 Å². The summed E-state index contributed by atoms with van der Waals surface area (Å²) in [4.78, 5) is 8.06. The van der Waals surface area contributed by atoms with Gasteiger partial charge in [-0.3, -0.25) is 0 Å². The number of anilines is 2. The number of nitriles is 1. The molecule has 0 aliphatic heterocycles. The summed E-state index contributed by atoms with van der Waals surface area (Å²) in [7, 11) is 0. The maximum atomic E-state index is 8.92. The Morgan fingerprint density at radius 3 is 2.56 bits per heavy atom. The van der Waals surface area contributed by atoms with Crippen molar-refractivity contribution in [3.8, 4) is 6.07 Å². The maximum Gasteiger partial charge on any atom is 0.183 e. The Bertz CT molecular complexity index is 555. The minimum absolute atomic E-state index is 0.301. The van der Waals surface area contributed by atoms with Crippen molar-refractivity contribution in [1.29, 1.82) is 5.26 Å². The predicted octanol–water partition coefficient (Wildman–Crippen LogP) is 3.04. The molecule has 0 spiro atoms. The lowest BCUT2D eigenvalue weighted by atomic mass is 10.1. The molecule has 2 rings (SSSR count). The second kappa shape index (κ2) is 5.78. The van der Waals surface area contributed by atoms with Gasteiger partial charge in [0, 0.05) is 18.1 Å². The first-order valence-electron chi connectivity index (χ1n) is 5.90. The molecule has 0 fully saturated rings. The standard InChI is InChI=1S/C14H14N4/c1-2-3-11-4-6-12(7-5-11)18-14-13(10-15)16-8-9-17-14/h4-9H,2-3H2,1H3,(H,17,18). The number of hydrogen-bond acceptors (Lipinski definition) is 4. The third kappa shape index (κ3) is 2.83. The van der Waals surface area contributed by atoms with E-state index in [2.05, 4.69) is 34.3 Å². The lowest BCUT2D eigenvalue weighted by molar-refractivity contribution is 0.922. The van der Waals surface area contributed by atoms with E-state index < -0.39 is 0 Å². The van der Waals surface area contributed by atoms with Gasteiger partial charge in [-0.25, -0.2) is 9.97 Å². The van der Waals surface area contributed by atoms with E-state index in [1.807, 2.05) is 18.2 Å². The van der Waals surface area contributed by atoms with E-state index in [0.29, 0.717) is 11.5 Å². The third-order valence-electron chi connectivity index (χ3n) is 2.56. The monoisotopic (exact) mass is 238 g/mol. The molecule has 0 unspecified atom stereocenters. The highest BCUT2D eigenvalue weighted by molar-refractivity contribution is 5.60. The molecule has 2 aromatic rings. The maximum absolute atomic E-state index is 8.92. The van der Waals surface area contributed by atoms with Crippen LogP contribution in [-0.4, -0.2) is 9.97 Å². The Kier molecular flexibility index (Phi) is 3.87. The molecule has 1 heterocycles. The number of aromatic nitrogens is 2. The summed E-state index contributed by atoms with van der Waals surface area (Å²) in [5, 5.41) is 12.0. The molecular formula is C14H14N4. The number of nitrogens with one attached hydrogen (secondary N) is 1. The molecule has 1 N–H and O–H groups in total. The van der Waals surface area contributed by atoms with Crippen molar-refractivity contribution in [3.63, 3.8) is 0 Å². The minimum Gasteiger partial charge on any atom is -0.338 e. The average molecular weight is 238 g/mol. The first-order valence-corrected chi connectivity index (χ1v) is 5.90. The van der Waals surface area contributed by atoms with Crippen LogP contribution >= 0.6 is 0 Å². The highest BCUT2D eigenvalue weighted by atomic mass is 15.0. The molecular weight excluding hydrogens is 224 g/mol. The molecule has 18 heavy (non-hydrogen) atoms. The fraction of sp³-hybridized carbons (Fsp3) is 0.214. The second-order valence-electron chi connectivity index (χ2n) is 3.94. The van der Waals surface area contributed by atoms with Gasteiger partial charge in [0.05, 0.1) is 0 Å². The van der Waals surface area contributed by atoms with Crippen LogP contribution in [0.15, 0.2) is 36.7 Å². The van der Waals surface area contributed by atoms with Crippen molar-refractivity contribution in [2.24, 2.45) is 0 Å². The highest BCUT2D eigenvalue weighted by Gasteiger charge is 2.03. The van der Waals surface area contributed by atoms with Gasteiger partial charge in [0.25, 0.3) is 0 Å². The van der Waals surface area contributed by atoms with Gasteiger partial charge in [0.15, 0.2) is 11.5 Å². The molecule has 0 aliphatic carbocycles. The largest absolute Gasteiger partial charge is 0.338 e. The molecule has 0 amide bonds. The lowest BCUT2D eigenvalue weighted by Crippen LogP contribution is -1.98. The van der Waals surface area contributed by atoms with E-state index in [1.165, 1.54) is 11.8 Å². The van der Waals surface area contributed by atoms with Gasteiger partial charge in [-0.15, -0.1) is 0 Å². The Balaban J connectivity index is 2.16. The molecule has 90 valence electrons. The zero-order valence-corrected chi connectivity index (χ0v) is 10.2. The summed E-state index contributed by atoms with van der Waals surface area (Å²) in [5.41, 5.74) is 2.52. The number of hydrogen-bond donors (Lipinski definition) is 1. The number of aryl methyl sites for hydroxylation is 1. The van der Waals surface area contributed by atoms with Crippen molar-refractivity contribution in [3.05, 3.63) is 47.9 Å². The third-order valence-corrected chi connectivity index (χ3v) is 2.56. The average Bonchev–Trinajstić information content (AvgIpc) is 2.42. The van der Waals surface area contributed by atoms with Crippen LogP contribution < -0.4 is 5.32 Å². The fourth-order valence-electron chi connectivity index (χ4n) is 1.69. The van der Waals surface area contributed by atoms with E-state index >= 15 is 0 Å². The first-order chi connectivity index (χ1) is 8.83. The van der Waals surface area contributed by atoms with Crippen molar-refractivity contribution in [1.82, 2.24) is 9.97 Å². The lowest BCUT2D eigenvalue weighted by Gasteiger charge is -2.07. The molecule has 0 saturated carbocycles. The molecule has 1 aromatic heterocycles. The summed E-state index contributed by atoms with van der Waals surface area (Å²) in [5.74, 6) is 0.489. The molecule has 0 saturated heterocycles. The van der Waals surface area contributed by atoms with Crippen LogP contribution in [0.3, 0.4) is 0 Å². The van der Waals surface area contributed by atoms with Gasteiger partial charge in [-0.2, -0.15) is 5.26 Å². The van der Waals surface area contributed by atoms with Crippen molar-refractivity contribution < 1.29 is 0 Å². The zero-order valence-electron chi connectivity index (χ0n) is 10.2. The quantitative estimate of drug-likeness (QED) is 0.889. The van der Waals surface area contributed by atoms with Crippen LogP contribution in [0.2, 0.25) is 0 Å².